The van der Waals surface area contributed by atoms with Crippen molar-refractivity contribution < 1.29 is 9.90 Å². The number of carbonyl (C=O) groups is 1. The van der Waals surface area contributed by atoms with E-state index in [0.717, 1.165) is 24.6 Å². The maximum absolute atomic E-state index is 11.7. The zero-order chi connectivity index (χ0) is 13.9. The van der Waals surface area contributed by atoms with Crippen LogP contribution in [0.25, 0.3) is 0 Å². The maximum Gasteiger partial charge on any atom is 0.325 e. The quantitative estimate of drug-likeness (QED) is 0.918. The predicted molar refractivity (Wildman–Crippen MR) is 78.5 cm³/mol. The minimum absolute atomic E-state index is 0.473. The number of benzene rings is 1. The molecule has 108 valence electrons. The van der Waals surface area contributed by atoms with Gasteiger partial charge in [-0.1, -0.05) is 49.6 Å². The van der Waals surface area contributed by atoms with E-state index in [0.29, 0.717) is 5.92 Å². The zero-order valence-corrected chi connectivity index (χ0v) is 11.9. The van der Waals surface area contributed by atoms with E-state index in [1.165, 1.54) is 32.1 Å². The summed E-state index contributed by atoms with van der Waals surface area (Å²) in [5.74, 6) is 0.832. The Morgan fingerprint density at radius 3 is 2.50 bits per heavy atom. The van der Waals surface area contributed by atoms with Gasteiger partial charge in [0, 0.05) is 6.54 Å². The Morgan fingerprint density at radius 1 is 1.10 bits per heavy atom. The molecule has 1 saturated carbocycles. The molecule has 0 amide bonds. The third-order valence-electron chi connectivity index (χ3n) is 5.04. The van der Waals surface area contributed by atoms with Crippen LogP contribution in [0.2, 0.25) is 0 Å². The van der Waals surface area contributed by atoms with E-state index in [2.05, 4.69) is 4.90 Å². The molecule has 1 N–H and O–H groups in total. The minimum Gasteiger partial charge on any atom is -0.480 e. The Hall–Kier alpha value is -1.35. The van der Waals surface area contributed by atoms with Crippen LogP contribution in [0.1, 0.15) is 43.7 Å². The summed E-state index contributed by atoms with van der Waals surface area (Å²) in [7, 11) is 0. The van der Waals surface area contributed by atoms with Crippen molar-refractivity contribution in [1.82, 2.24) is 4.90 Å². The van der Waals surface area contributed by atoms with Crippen molar-refractivity contribution in [3.05, 3.63) is 35.9 Å². The Kier molecular flexibility index (Phi) is 4.06. The first kappa shape index (κ1) is 13.6. The molecule has 1 aliphatic heterocycles. The fourth-order valence-corrected chi connectivity index (χ4v) is 4.01. The van der Waals surface area contributed by atoms with Gasteiger partial charge in [0.15, 0.2) is 0 Å². The second-order valence-corrected chi connectivity index (χ2v) is 6.24. The average Bonchev–Trinajstić information content (AvgIpc) is 2.48. The monoisotopic (exact) mass is 273 g/mol. The van der Waals surface area contributed by atoms with Crippen molar-refractivity contribution in [3.8, 4) is 0 Å². The number of piperidine rings is 1. The van der Waals surface area contributed by atoms with Gasteiger partial charge in [-0.05, 0) is 36.8 Å². The van der Waals surface area contributed by atoms with E-state index < -0.39 is 12.0 Å². The molecule has 2 aliphatic rings. The van der Waals surface area contributed by atoms with Gasteiger partial charge < -0.3 is 5.11 Å². The van der Waals surface area contributed by atoms with Gasteiger partial charge >= 0.3 is 5.97 Å². The highest BCUT2D eigenvalue weighted by Crippen LogP contribution is 2.38. The fraction of sp³-hybridized carbons (Fsp3) is 0.588. The lowest BCUT2D eigenvalue weighted by atomic mass is 9.74. The summed E-state index contributed by atoms with van der Waals surface area (Å²) in [5, 5.41) is 9.63. The van der Waals surface area contributed by atoms with Crippen molar-refractivity contribution in [2.75, 3.05) is 13.1 Å². The molecule has 1 saturated heterocycles. The molecular formula is C17H23NO2. The molecule has 3 rings (SSSR count). The first-order valence-electron chi connectivity index (χ1n) is 7.77. The number of aliphatic carboxylic acids is 1. The summed E-state index contributed by atoms with van der Waals surface area (Å²) in [6.45, 7) is 1.88. The van der Waals surface area contributed by atoms with Crippen molar-refractivity contribution >= 4 is 5.97 Å². The summed E-state index contributed by atoms with van der Waals surface area (Å²) < 4.78 is 0. The van der Waals surface area contributed by atoms with Crippen LogP contribution in [0.15, 0.2) is 30.3 Å². The Bertz CT molecular complexity index is 459. The van der Waals surface area contributed by atoms with E-state index >= 15 is 0 Å². The van der Waals surface area contributed by atoms with Crippen molar-refractivity contribution in [2.45, 2.75) is 38.1 Å². The smallest absolute Gasteiger partial charge is 0.325 e. The lowest BCUT2D eigenvalue weighted by Gasteiger charge is -2.43. The first-order chi connectivity index (χ1) is 9.75. The topological polar surface area (TPSA) is 40.5 Å². The van der Waals surface area contributed by atoms with Gasteiger partial charge in [0.25, 0.3) is 0 Å². The van der Waals surface area contributed by atoms with Gasteiger partial charge in [-0.25, -0.2) is 0 Å². The van der Waals surface area contributed by atoms with Crippen molar-refractivity contribution in [3.63, 3.8) is 0 Å². The summed E-state index contributed by atoms with van der Waals surface area (Å²) in [4.78, 5) is 13.9. The molecule has 0 spiro atoms. The molecule has 1 heterocycles. The highest BCUT2D eigenvalue weighted by atomic mass is 16.4. The van der Waals surface area contributed by atoms with Crippen molar-refractivity contribution in [2.24, 2.45) is 11.8 Å². The van der Waals surface area contributed by atoms with E-state index in [9.17, 15) is 9.90 Å². The number of rotatable bonds is 3. The van der Waals surface area contributed by atoms with Gasteiger partial charge in [0.05, 0.1) is 0 Å². The number of likely N-dealkylation sites (tertiary alicyclic amines) is 1. The number of hydrogen-bond acceptors (Lipinski definition) is 2. The van der Waals surface area contributed by atoms with Gasteiger partial charge in [-0.2, -0.15) is 0 Å². The second kappa shape index (κ2) is 5.96. The summed E-state index contributed by atoms with van der Waals surface area (Å²) in [5.41, 5.74) is 0.911. The first-order valence-corrected chi connectivity index (χ1v) is 7.77. The molecule has 3 atom stereocenters. The fourth-order valence-electron chi connectivity index (χ4n) is 4.01. The highest BCUT2D eigenvalue weighted by Gasteiger charge is 2.36. The predicted octanol–water partition coefficient (Wildman–Crippen LogP) is 3.32. The molecule has 0 radical (unpaired) electrons. The summed E-state index contributed by atoms with van der Waals surface area (Å²) in [6.07, 6.45) is 6.48. The van der Waals surface area contributed by atoms with Gasteiger partial charge in [-0.3, -0.25) is 9.69 Å². The van der Waals surface area contributed by atoms with Gasteiger partial charge in [-0.15, -0.1) is 0 Å². The number of nitrogens with zero attached hydrogens (tertiary/aromatic N) is 1. The van der Waals surface area contributed by atoms with Crippen LogP contribution in [0, 0.1) is 11.8 Å². The molecule has 2 fully saturated rings. The third kappa shape index (κ3) is 2.73. The van der Waals surface area contributed by atoms with Crippen LogP contribution in [0.5, 0.6) is 0 Å². The van der Waals surface area contributed by atoms with Crippen LogP contribution in [-0.2, 0) is 4.79 Å². The number of fused-ring (bicyclic) bond motifs is 1. The maximum atomic E-state index is 11.7. The van der Waals surface area contributed by atoms with Crippen LogP contribution >= 0.6 is 0 Å². The average molecular weight is 273 g/mol. The van der Waals surface area contributed by atoms with Crippen LogP contribution in [0.4, 0.5) is 0 Å². The van der Waals surface area contributed by atoms with Crippen LogP contribution in [0.3, 0.4) is 0 Å². The van der Waals surface area contributed by atoms with E-state index in [1.807, 2.05) is 30.3 Å². The lowest BCUT2D eigenvalue weighted by Crippen LogP contribution is -2.45. The molecule has 20 heavy (non-hydrogen) atoms. The number of carboxylic acid groups (broad SMARTS) is 1. The molecule has 1 aliphatic carbocycles. The molecule has 3 nitrogen and oxygen atoms in total. The molecule has 0 bridgehead atoms. The van der Waals surface area contributed by atoms with Gasteiger partial charge in [0.1, 0.15) is 6.04 Å². The molecular weight excluding hydrogens is 250 g/mol. The third-order valence-corrected chi connectivity index (χ3v) is 5.04. The highest BCUT2D eigenvalue weighted by molar-refractivity contribution is 5.75. The molecule has 1 aromatic carbocycles. The normalized spacial score (nSPS) is 28.6. The summed E-state index contributed by atoms with van der Waals surface area (Å²) in [6, 6.07) is 9.20. The van der Waals surface area contributed by atoms with Crippen LogP contribution in [-0.4, -0.2) is 29.1 Å². The largest absolute Gasteiger partial charge is 0.480 e. The summed E-state index contributed by atoms with van der Waals surface area (Å²) >= 11 is 0. The standard InChI is InChI=1S/C17H23NO2/c19-17(20)16(14-7-2-1-3-8-14)18-11-10-13-6-4-5-9-15(13)12-18/h1-3,7-8,13,15-16H,4-6,9-12H2,(H,19,20). The Labute approximate surface area is 120 Å². The van der Waals surface area contributed by atoms with Crippen molar-refractivity contribution in [1.29, 1.82) is 0 Å². The number of hydrogen-bond donors (Lipinski definition) is 1. The Morgan fingerprint density at radius 2 is 1.80 bits per heavy atom. The van der Waals surface area contributed by atoms with E-state index in [4.69, 9.17) is 0 Å². The lowest BCUT2D eigenvalue weighted by molar-refractivity contribution is -0.145. The van der Waals surface area contributed by atoms with E-state index in [1.54, 1.807) is 0 Å². The second-order valence-electron chi connectivity index (χ2n) is 6.24. The molecule has 0 aromatic heterocycles. The SMILES string of the molecule is O=C(O)C(c1ccccc1)N1CCC2CCCCC2C1. The zero-order valence-electron chi connectivity index (χ0n) is 11.9. The van der Waals surface area contributed by atoms with Crippen LogP contribution < -0.4 is 0 Å². The minimum atomic E-state index is -0.717. The molecule has 1 aromatic rings. The Balaban J connectivity index is 1.77. The number of carboxylic acids is 1. The van der Waals surface area contributed by atoms with E-state index in [-0.39, 0.29) is 0 Å². The molecule has 3 unspecified atom stereocenters. The van der Waals surface area contributed by atoms with Gasteiger partial charge in [0.2, 0.25) is 0 Å². The molecule has 3 heteroatoms.